The van der Waals surface area contributed by atoms with Gasteiger partial charge in [0.2, 0.25) is 5.91 Å². The summed E-state index contributed by atoms with van der Waals surface area (Å²) in [5, 5.41) is 5.81. The third-order valence-electron chi connectivity index (χ3n) is 6.05. The zero-order valence-electron chi connectivity index (χ0n) is 18.8. The third kappa shape index (κ3) is 5.16. The van der Waals surface area contributed by atoms with Crippen LogP contribution in [0.5, 0.6) is 0 Å². The van der Waals surface area contributed by atoms with Gasteiger partial charge in [-0.3, -0.25) is 14.5 Å². The molecule has 178 valence electrons. The van der Waals surface area contributed by atoms with E-state index in [1.165, 1.54) is 17.0 Å². The molecule has 2 fully saturated rings. The number of anilines is 1. The first kappa shape index (κ1) is 22.6. The molecule has 8 heteroatoms. The molecule has 2 unspecified atom stereocenters. The van der Waals surface area contributed by atoms with Crippen molar-refractivity contribution in [3.05, 3.63) is 101 Å². The summed E-state index contributed by atoms with van der Waals surface area (Å²) in [6.07, 6.45) is 0.303. The summed E-state index contributed by atoms with van der Waals surface area (Å²) in [6, 6.07) is 20.7. The molecule has 3 aromatic carbocycles. The second kappa shape index (κ2) is 9.58. The Morgan fingerprint density at radius 1 is 0.971 bits per heavy atom. The summed E-state index contributed by atoms with van der Waals surface area (Å²) in [7, 11) is 0. The van der Waals surface area contributed by atoms with E-state index in [4.69, 9.17) is 4.74 Å². The molecule has 0 aromatic heterocycles. The number of nitrogens with zero attached hydrogens (tertiary/aromatic N) is 1. The predicted octanol–water partition coefficient (Wildman–Crippen LogP) is 4.42. The quantitative estimate of drug-likeness (QED) is 0.532. The number of nitrogens with one attached hydrogen (secondary N) is 2. The highest BCUT2D eigenvalue weighted by molar-refractivity contribution is 6.04. The zero-order valence-corrected chi connectivity index (χ0v) is 18.8. The van der Waals surface area contributed by atoms with Crippen LogP contribution in [0.3, 0.4) is 0 Å². The van der Waals surface area contributed by atoms with E-state index >= 15 is 0 Å². The minimum absolute atomic E-state index is 0.100. The molecule has 1 aliphatic heterocycles. The van der Waals surface area contributed by atoms with Crippen molar-refractivity contribution in [2.24, 2.45) is 0 Å². The Bertz CT molecular complexity index is 1240. The molecule has 1 saturated carbocycles. The lowest BCUT2D eigenvalue weighted by molar-refractivity contribution is -0.126. The molecule has 0 spiro atoms. The number of halogens is 1. The minimum Gasteiger partial charge on any atom is -0.438 e. The number of hydrogen-bond donors (Lipinski definition) is 2. The Kier molecular flexibility index (Phi) is 6.18. The van der Waals surface area contributed by atoms with Gasteiger partial charge in [0.1, 0.15) is 5.82 Å². The first-order valence-corrected chi connectivity index (χ1v) is 11.5. The molecule has 7 nitrogen and oxygen atoms in total. The van der Waals surface area contributed by atoms with Crippen molar-refractivity contribution in [1.82, 2.24) is 10.2 Å². The van der Waals surface area contributed by atoms with Crippen molar-refractivity contribution in [1.29, 1.82) is 0 Å². The molecule has 35 heavy (non-hydrogen) atoms. The van der Waals surface area contributed by atoms with Crippen molar-refractivity contribution in [3.8, 4) is 0 Å². The van der Waals surface area contributed by atoms with Gasteiger partial charge in [0.25, 0.3) is 5.91 Å². The monoisotopic (exact) mass is 473 g/mol. The number of carbonyl (C=O) groups is 3. The topological polar surface area (TPSA) is 87.7 Å². The highest BCUT2D eigenvalue weighted by Gasteiger charge is 2.48. The summed E-state index contributed by atoms with van der Waals surface area (Å²) in [5.74, 6) is -0.954. The second-order valence-electron chi connectivity index (χ2n) is 8.73. The van der Waals surface area contributed by atoms with Crippen LogP contribution in [-0.2, 0) is 16.1 Å². The average Bonchev–Trinajstić information content (AvgIpc) is 3.62. The Morgan fingerprint density at radius 2 is 1.71 bits per heavy atom. The Labute approximate surface area is 201 Å². The standard InChI is InChI=1S/C27H24FN3O4/c28-20-11-9-17(10-12-20)16-31-23(26(33)29-21-13-14-21)24(35-27(31)34)19-7-4-8-22(15-19)30-25(32)18-5-2-1-3-6-18/h1-12,15,21,23-24H,13-14,16H2,(H,29,33)(H,30,32). The maximum absolute atomic E-state index is 13.4. The number of ether oxygens (including phenoxy) is 1. The van der Waals surface area contributed by atoms with E-state index < -0.39 is 18.2 Å². The number of amides is 3. The molecular weight excluding hydrogens is 449 g/mol. The van der Waals surface area contributed by atoms with E-state index in [2.05, 4.69) is 10.6 Å². The zero-order chi connectivity index (χ0) is 24.4. The van der Waals surface area contributed by atoms with Gasteiger partial charge in [0.05, 0.1) is 6.54 Å². The van der Waals surface area contributed by atoms with Crippen LogP contribution in [0.15, 0.2) is 78.9 Å². The molecule has 1 aliphatic carbocycles. The molecule has 1 saturated heterocycles. The predicted molar refractivity (Wildman–Crippen MR) is 127 cm³/mol. The van der Waals surface area contributed by atoms with Crippen molar-refractivity contribution in [2.75, 3.05) is 5.32 Å². The van der Waals surface area contributed by atoms with Crippen LogP contribution in [0.4, 0.5) is 14.9 Å². The summed E-state index contributed by atoms with van der Waals surface area (Å²) in [4.78, 5) is 40.0. The fourth-order valence-electron chi connectivity index (χ4n) is 4.10. The molecule has 0 bridgehead atoms. The van der Waals surface area contributed by atoms with Crippen molar-refractivity contribution >= 4 is 23.6 Å². The minimum atomic E-state index is -0.909. The number of hydrogen-bond acceptors (Lipinski definition) is 4. The van der Waals surface area contributed by atoms with E-state index in [0.717, 1.165) is 12.8 Å². The maximum atomic E-state index is 13.4. The summed E-state index contributed by atoms with van der Waals surface area (Å²) >= 11 is 0. The highest BCUT2D eigenvalue weighted by atomic mass is 19.1. The van der Waals surface area contributed by atoms with Crippen molar-refractivity contribution < 1.29 is 23.5 Å². The van der Waals surface area contributed by atoms with E-state index in [9.17, 15) is 18.8 Å². The largest absolute Gasteiger partial charge is 0.438 e. The van der Waals surface area contributed by atoms with Gasteiger partial charge in [-0.05, 0) is 60.4 Å². The SMILES string of the molecule is O=C(Nc1cccc(C2OC(=O)N(Cc3ccc(F)cc3)C2C(=O)NC2CC2)c1)c1ccccc1. The smallest absolute Gasteiger partial charge is 0.411 e. The fourth-order valence-corrected chi connectivity index (χ4v) is 4.10. The van der Waals surface area contributed by atoms with Crippen LogP contribution in [0.1, 0.15) is 40.4 Å². The third-order valence-corrected chi connectivity index (χ3v) is 6.05. The van der Waals surface area contributed by atoms with E-state index in [1.54, 1.807) is 60.7 Å². The van der Waals surface area contributed by atoms with Gasteiger partial charge in [-0.25, -0.2) is 9.18 Å². The van der Waals surface area contributed by atoms with Crippen LogP contribution in [0.25, 0.3) is 0 Å². The van der Waals surface area contributed by atoms with Crippen molar-refractivity contribution in [3.63, 3.8) is 0 Å². The second-order valence-corrected chi connectivity index (χ2v) is 8.73. The molecule has 2 N–H and O–H groups in total. The lowest BCUT2D eigenvalue weighted by Gasteiger charge is -2.24. The molecule has 3 aromatic rings. The van der Waals surface area contributed by atoms with Crippen LogP contribution in [0.2, 0.25) is 0 Å². The maximum Gasteiger partial charge on any atom is 0.411 e. The molecule has 5 rings (SSSR count). The first-order valence-electron chi connectivity index (χ1n) is 11.5. The van der Waals surface area contributed by atoms with Crippen molar-refractivity contribution in [2.45, 2.75) is 37.6 Å². The molecule has 2 aliphatic rings. The van der Waals surface area contributed by atoms with Crippen LogP contribution in [-0.4, -0.2) is 34.9 Å². The Hall–Kier alpha value is -4.20. The summed E-state index contributed by atoms with van der Waals surface area (Å²) in [6.45, 7) is 0.100. The van der Waals surface area contributed by atoms with E-state index in [-0.39, 0.29) is 30.2 Å². The Morgan fingerprint density at radius 3 is 2.43 bits per heavy atom. The van der Waals surface area contributed by atoms with Gasteiger partial charge in [-0.2, -0.15) is 0 Å². The van der Waals surface area contributed by atoms with Gasteiger partial charge in [-0.15, -0.1) is 0 Å². The van der Waals surface area contributed by atoms with Crippen LogP contribution in [0, 0.1) is 5.82 Å². The number of carbonyl (C=O) groups excluding carboxylic acids is 3. The number of cyclic esters (lactones) is 1. The number of rotatable bonds is 7. The highest BCUT2D eigenvalue weighted by Crippen LogP contribution is 2.35. The Balaban J connectivity index is 1.40. The van der Waals surface area contributed by atoms with Gasteiger partial charge in [0.15, 0.2) is 12.1 Å². The van der Waals surface area contributed by atoms with Gasteiger partial charge < -0.3 is 15.4 Å². The summed E-state index contributed by atoms with van der Waals surface area (Å²) < 4.78 is 19.0. The van der Waals surface area contributed by atoms with Gasteiger partial charge in [-0.1, -0.05) is 42.5 Å². The number of benzene rings is 3. The lowest BCUT2D eigenvalue weighted by Crippen LogP contribution is -2.46. The van der Waals surface area contributed by atoms with Crippen LogP contribution >= 0.6 is 0 Å². The average molecular weight is 474 g/mol. The van der Waals surface area contributed by atoms with Gasteiger partial charge >= 0.3 is 6.09 Å². The van der Waals surface area contributed by atoms with E-state index in [1.807, 2.05) is 6.07 Å². The molecule has 1 heterocycles. The van der Waals surface area contributed by atoms with Gasteiger partial charge in [0, 0.05) is 17.3 Å². The first-order chi connectivity index (χ1) is 17.0. The molecular formula is C27H24FN3O4. The lowest BCUT2D eigenvalue weighted by atomic mass is 10.00. The van der Waals surface area contributed by atoms with Crippen LogP contribution < -0.4 is 10.6 Å². The fraction of sp³-hybridized carbons (Fsp3) is 0.222. The molecule has 0 radical (unpaired) electrons. The normalized spacial score (nSPS) is 19.2. The molecule has 3 amide bonds. The van der Waals surface area contributed by atoms with E-state index in [0.29, 0.717) is 22.4 Å². The molecule has 2 atom stereocenters. The summed E-state index contributed by atoms with van der Waals surface area (Å²) in [5.41, 5.74) is 2.29.